The minimum absolute atomic E-state index is 0.227. The minimum atomic E-state index is -0.631. The van der Waals surface area contributed by atoms with Crippen LogP contribution >= 0.6 is 0 Å². The summed E-state index contributed by atoms with van der Waals surface area (Å²) >= 11 is 0. The van der Waals surface area contributed by atoms with Crippen molar-refractivity contribution in [3.05, 3.63) is 29.6 Å². The maximum atomic E-state index is 13.3. The summed E-state index contributed by atoms with van der Waals surface area (Å²) < 4.78 is 13.3. The summed E-state index contributed by atoms with van der Waals surface area (Å²) in [7, 11) is 0. The van der Waals surface area contributed by atoms with Crippen molar-refractivity contribution < 1.29 is 14.6 Å². The van der Waals surface area contributed by atoms with Crippen LogP contribution in [-0.4, -0.2) is 46.8 Å². The first-order valence-corrected chi connectivity index (χ1v) is 7.29. The summed E-state index contributed by atoms with van der Waals surface area (Å²) in [6.07, 6.45) is 1.24. The molecule has 2 rings (SSSR count). The monoisotopic (exact) mass is 295 g/mol. The molecule has 1 heterocycles. The topological polar surface area (TPSA) is 68.1 Å². The van der Waals surface area contributed by atoms with Crippen LogP contribution in [0.1, 0.15) is 25.3 Å². The molecule has 1 saturated heterocycles. The van der Waals surface area contributed by atoms with Crippen LogP contribution in [0.15, 0.2) is 23.2 Å². The number of hydrogen-bond acceptors (Lipinski definition) is 3. The number of likely N-dealkylation sites (tertiary alicyclic amines) is 1. The molecule has 1 aromatic rings. The summed E-state index contributed by atoms with van der Waals surface area (Å²) in [5, 5.41) is 21.9. The van der Waals surface area contributed by atoms with Gasteiger partial charge in [0, 0.05) is 19.6 Å². The molecule has 1 aliphatic heterocycles. The average Bonchev–Trinajstić information content (AvgIpc) is 2.48. The third-order valence-electron chi connectivity index (χ3n) is 3.52. The van der Waals surface area contributed by atoms with Gasteiger partial charge in [-0.2, -0.15) is 0 Å². The van der Waals surface area contributed by atoms with Crippen LogP contribution in [0.4, 0.5) is 4.39 Å². The molecule has 0 amide bonds. The van der Waals surface area contributed by atoms with Crippen molar-refractivity contribution in [1.82, 2.24) is 10.2 Å². The van der Waals surface area contributed by atoms with Crippen LogP contribution in [0.3, 0.4) is 0 Å². The first-order chi connectivity index (χ1) is 10.1. The number of phenolic OH excluding ortho intramolecular Hbond substituents is 1. The number of nitrogens with one attached hydrogen (secondary N) is 1. The highest BCUT2D eigenvalue weighted by atomic mass is 19.1. The Morgan fingerprint density at radius 1 is 1.43 bits per heavy atom. The highest BCUT2D eigenvalue weighted by Gasteiger charge is 2.19. The number of piperidine rings is 1. The number of nitrogens with zero attached hydrogens (tertiary/aromatic N) is 2. The lowest BCUT2D eigenvalue weighted by Crippen LogP contribution is -2.46. The Balaban J connectivity index is 2.04. The fourth-order valence-corrected chi connectivity index (χ4v) is 2.32. The van der Waals surface area contributed by atoms with Crippen molar-refractivity contribution >= 4 is 5.96 Å². The number of aliphatic hydroxyl groups is 1. The molecular formula is C15H22FN3O2. The zero-order valence-corrected chi connectivity index (χ0v) is 12.2. The normalized spacial score (nSPS) is 17.1. The summed E-state index contributed by atoms with van der Waals surface area (Å²) in [5.74, 6) is -0.202. The molecule has 1 aliphatic rings. The van der Waals surface area contributed by atoms with Crippen LogP contribution in [-0.2, 0) is 6.54 Å². The molecule has 1 aromatic carbocycles. The predicted octanol–water partition coefficient (Wildman–Crippen LogP) is 1.45. The molecule has 0 unspecified atom stereocenters. The van der Waals surface area contributed by atoms with E-state index in [9.17, 15) is 14.6 Å². The van der Waals surface area contributed by atoms with E-state index >= 15 is 0 Å². The van der Waals surface area contributed by atoms with Crippen LogP contribution < -0.4 is 5.32 Å². The summed E-state index contributed by atoms with van der Waals surface area (Å²) in [6.45, 7) is 4.61. The number of aromatic hydroxyl groups is 1. The van der Waals surface area contributed by atoms with E-state index in [0.29, 0.717) is 12.1 Å². The van der Waals surface area contributed by atoms with Crippen molar-refractivity contribution in [3.63, 3.8) is 0 Å². The molecule has 0 aliphatic carbocycles. The number of phenols is 1. The van der Waals surface area contributed by atoms with E-state index in [-0.39, 0.29) is 11.9 Å². The summed E-state index contributed by atoms with van der Waals surface area (Å²) in [4.78, 5) is 6.61. The summed E-state index contributed by atoms with van der Waals surface area (Å²) in [6, 6.07) is 4.29. The molecule has 0 aromatic heterocycles. The van der Waals surface area contributed by atoms with Gasteiger partial charge in [0.1, 0.15) is 0 Å². The Morgan fingerprint density at radius 2 is 2.14 bits per heavy atom. The molecule has 3 N–H and O–H groups in total. The lowest BCUT2D eigenvalue weighted by atomic mass is 10.1. The van der Waals surface area contributed by atoms with E-state index in [1.54, 1.807) is 6.07 Å². The van der Waals surface area contributed by atoms with Gasteiger partial charge in [-0.25, -0.2) is 9.38 Å². The molecule has 0 saturated carbocycles. The number of halogens is 1. The van der Waals surface area contributed by atoms with Gasteiger partial charge in [0.15, 0.2) is 17.5 Å². The second kappa shape index (κ2) is 7.26. The third-order valence-corrected chi connectivity index (χ3v) is 3.52. The minimum Gasteiger partial charge on any atom is -0.505 e. The number of benzene rings is 1. The van der Waals surface area contributed by atoms with Gasteiger partial charge in [0.2, 0.25) is 0 Å². The highest BCUT2D eigenvalue weighted by molar-refractivity contribution is 5.80. The molecule has 5 nitrogen and oxygen atoms in total. The van der Waals surface area contributed by atoms with Gasteiger partial charge in [0.25, 0.3) is 0 Å². The second-order valence-corrected chi connectivity index (χ2v) is 5.17. The maximum absolute atomic E-state index is 13.3. The molecule has 6 heteroatoms. The van der Waals surface area contributed by atoms with Crippen molar-refractivity contribution in [3.8, 4) is 5.75 Å². The van der Waals surface area contributed by atoms with Crippen LogP contribution in [0.25, 0.3) is 0 Å². The standard InChI is InChI=1S/C15H22FN3O2/c1-2-17-15(19-7-5-12(20)6-8-19)18-10-11-3-4-14(21)13(16)9-11/h3-4,9,12,20-21H,2,5-8,10H2,1H3,(H,17,18). The number of hydrogen-bond donors (Lipinski definition) is 3. The predicted molar refractivity (Wildman–Crippen MR) is 79.7 cm³/mol. The van der Waals surface area contributed by atoms with Crippen LogP contribution in [0.5, 0.6) is 5.75 Å². The molecule has 1 fully saturated rings. The zero-order chi connectivity index (χ0) is 15.2. The maximum Gasteiger partial charge on any atom is 0.194 e. The first kappa shape index (κ1) is 15.6. The Morgan fingerprint density at radius 3 is 2.76 bits per heavy atom. The van der Waals surface area contributed by atoms with Crippen molar-refractivity contribution in [2.45, 2.75) is 32.4 Å². The zero-order valence-electron chi connectivity index (χ0n) is 12.2. The van der Waals surface area contributed by atoms with Gasteiger partial charge < -0.3 is 20.4 Å². The molecule has 0 bridgehead atoms. The van der Waals surface area contributed by atoms with Gasteiger partial charge in [-0.05, 0) is 37.5 Å². The Labute approximate surface area is 124 Å². The van der Waals surface area contributed by atoms with E-state index in [2.05, 4.69) is 15.2 Å². The van der Waals surface area contributed by atoms with Gasteiger partial charge in [0.05, 0.1) is 12.6 Å². The lowest BCUT2D eigenvalue weighted by molar-refractivity contribution is 0.108. The van der Waals surface area contributed by atoms with Crippen molar-refractivity contribution in [1.29, 1.82) is 0 Å². The van der Waals surface area contributed by atoms with Gasteiger partial charge in [-0.15, -0.1) is 0 Å². The van der Waals surface area contributed by atoms with Crippen LogP contribution in [0.2, 0.25) is 0 Å². The van der Waals surface area contributed by atoms with Gasteiger partial charge in [-0.1, -0.05) is 6.07 Å². The van der Waals surface area contributed by atoms with Crippen molar-refractivity contribution in [2.24, 2.45) is 4.99 Å². The molecule has 0 atom stereocenters. The Bertz CT molecular complexity index is 500. The van der Waals surface area contributed by atoms with Gasteiger partial charge >= 0.3 is 0 Å². The molecule has 0 radical (unpaired) electrons. The third kappa shape index (κ3) is 4.32. The van der Waals surface area contributed by atoms with Crippen molar-refractivity contribution in [2.75, 3.05) is 19.6 Å². The smallest absolute Gasteiger partial charge is 0.194 e. The Kier molecular flexibility index (Phi) is 5.38. The number of aliphatic hydroxyl groups excluding tert-OH is 1. The van der Waals surface area contributed by atoms with Gasteiger partial charge in [-0.3, -0.25) is 0 Å². The highest BCUT2D eigenvalue weighted by Crippen LogP contribution is 2.17. The SMILES string of the molecule is CCNC(=NCc1ccc(O)c(F)c1)N1CCC(O)CC1. The van der Waals surface area contributed by atoms with E-state index < -0.39 is 5.82 Å². The van der Waals surface area contributed by atoms with E-state index in [0.717, 1.165) is 38.4 Å². The van der Waals surface area contributed by atoms with Crippen LogP contribution in [0, 0.1) is 5.82 Å². The van der Waals surface area contributed by atoms with E-state index in [4.69, 9.17) is 0 Å². The second-order valence-electron chi connectivity index (χ2n) is 5.17. The number of aliphatic imine (C=N–C) groups is 1. The largest absolute Gasteiger partial charge is 0.505 e. The molecule has 116 valence electrons. The molecule has 21 heavy (non-hydrogen) atoms. The quantitative estimate of drug-likeness (QED) is 0.583. The molecular weight excluding hydrogens is 273 g/mol. The average molecular weight is 295 g/mol. The fraction of sp³-hybridized carbons (Fsp3) is 0.533. The van der Waals surface area contributed by atoms with E-state index in [1.165, 1.54) is 12.1 Å². The summed E-state index contributed by atoms with van der Waals surface area (Å²) in [5.41, 5.74) is 0.706. The first-order valence-electron chi connectivity index (χ1n) is 7.29. The van der Waals surface area contributed by atoms with E-state index in [1.807, 2.05) is 6.92 Å². The Hall–Kier alpha value is -1.82. The number of guanidine groups is 1. The lowest BCUT2D eigenvalue weighted by Gasteiger charge is -2.32. The molecule has 0 spiro atoms. The number of rotatable bonds is 3. The fourth-order valence-electron chi connectivity index (χ4n) is 2.32.